The molecule has 3 aromatic rings. The number of carbonyl (C=O) groups is 3. The highest BCUT2D eigenvalue weighted by Gasteiger charge is 2.44. The molecule has 2 N–H and O–H groups in total. The zero-order valence-electron chi connectivity index (χ0n) is 24.1. The lowest BCUT2D eigenvalue weighted by Gasteiger charge is -2.35. The minimum atomic E-state index is -0.769. The van der Waals surface area contributed by atoms with E-state index >= 15 is 0 Å². The number of nitrogens with two attached hydrogens (primary N) is 1. The van der Waals surface area contributed by atoms with E-state index in [9.17, 15) is 18.8 Å². The second-order valence-electron chi connectivity index (χ2n) is 12.4. The Labute approximate surface area is 252 Å². The summed E-state index contributed by atoms with van der Waals surface area (Å²) >= 11 is 0. The molecule has 3 aliphatic rings. The van der Waals surface area contributed by atoms with Crippen molar-refractivity contribution in [3.05, 3.63) is 71.4 Å². The van der Waals surface area contributed by atoms with Crippen LogP contribution in [-0.2, 0) is 26.5 Å². The fourth-order valence-corrected chi connectivity index (χ4v) is 7.38. The Morgan fingerprint density at radius 3 is 2.45 bits per heavy atom. The number of amides is 1. The molecule has 6 rings (SSSR count). The monoisotopic (exact) mass is 595 g/mol. The van der Waals surface area contributed by atoms with Gasteiger partial charge in [-0.15, -0.1) is 12.4 Å². The van der Waals surface area contributed by atoms with Crippen molar-refractivity contribution in [2.75, 3.05) is 13.2 Å². The smallest absolute Gasteiger partial charge is 0.357 e. The predicted octanol–water partition coefficient (Wildman–Crippen LogP) is 5.53. The molecule has 1 amide bonds. The predicted molar refractivity (Wildman–Crippen MR) is 161 cm³/mol. The number of alkyl halides is 1. The minimum absolute atomic E-state index is 0. The minimum Gasteiger partial charge on any atom is -0.434 e. The van der Waals surface area contributed by atoms with E-state index in [0.717, 1.165) is 41.3 Å². The second kappa shape index (κ2) is 11.8. The Balaban J connectivity index is 0.00000353. The van der Waals surface area contributed by atoms with Gasteiger partial charge in [-0.05, 0) is 81.2 Å². The Hall–Kier alpha value is -3.23. The van der Waals surface area contributed by atoms with Crippen LogP contribution in [0.2, 0.25) is 0 Å². The van der Waals surface area contributed by atoms with Crippen molar-refractivity contribution in [2.24, 2.45) is 17.6 Å². The number of hydrogen-bond acceptors (Lipinski definition) is 5. The van der Waals surface area contributed by atoms with Gasteiger partial charge in [0.05, 0.1) is 11.6 Å². The van der Waals surface area contributed by atoms with Crippen molar-refractivity contribution >= 4 is 41.0 Å². The number of cyclic esters (lactones) is 1. The van der Waals surface area contributed by atoms with Crippen LogP contribution in [0.5, 0.6) is 0 Å². The topological polar surface area (TPSA) is 94.6 Å². The zero-order chi connectivity index (χ0) is 28.9. The van der Waals surface area contributed by atoms with Crippen LogP contribution in [0.3, 0.4) is 0 Å². The number of benzene rings is 2. The van der Waals surface area contributed by atoms with Gasteiger partial charge in [0.15, 0.2) is 11.5 Å². The van der Waals surface area contributed by atoms with Crippen LogP contribution in [-0.4, -0.2) is 52.4 Å². The molecule has 7 nitrogen and oxygen atoms in total. The van der Waals surface area contributed by atoms with Gasteiger partial charge in [0, 0.05) is 36.2 Å². The summed E-state index contributed by atoms with van der Waals surface area (Å²) in [6, 6.07) is 16.6. The zero-order valence-corrected chi connectivity index (χ0v) is 24.9. The number of Topliss-reactive ketones (excluding diaryl/α,β-unsaturated/α-hetero) is 1. The first-order valence-corrected chi connectivity index (χ1v) is 14.8. The molecule has 1 saturated carbocycles. The molecule has 2 aromatic carbocycles. The average Bonchev–Trinajstić information content (AvgIpc) is 3.65. The van der Waals surface area contributed by atoms with E-state index in [1.165, 1.54) is 0 Å². The summed E-state index contributed by atoms with van der Waals surface area (Å²) in [5.41, 5.74) is 8.49. The second-order valence-corrected chi connectivity index (χ2v) is 12.4. The van der Waals surface area contributed by atoms with Crippen molar-refractivity contribution in [3.63, 3.8) is 0 Å². The van der Waals surface area contributed by atoms with E-state index in [2.05, 4.69) is 0 Å². The summed E-state index contributed by atoms with van der Waals surface area (Å²) < 4.78 is 20.5. The molecule has 1 aromatic heterocycles. The summed E-state index contributed by atoms with van der Waals surface area (Å²) in [6.07, 6.45) is 3.76. The molecule has 1 aliphatic carbocycles. The molecule has 3 atom stereocenters. The van der Waals surface area contributed by atoms with E-state index in [-0.39, 0.29) is 54.2 Å². The van der Waals surface area contributed by atoms with E-state index in [4.69, 9.17) is 10.5 Å². The summed E-state index contributed by atoms with van der Waals surface area (Å²) in [5, 5.41) is 0.886. The van der Waals surface area contributed by atoms with Gasteiger partial charge >= 0.3 is 5.97 Å². The quantitative estimate of drug-likeness (QED) is 0.363. The summed E-state index contributed by atoms with van der Waals surface area (Å²) in [7, 11) is 0. The van der Waals surface area contributed by atoms with E-state index in [1.807, 2.05) is 77.9 Å². The van der Waals surface area contributed by atoms with Gasteiger partial charge in [-0.1, -0.05) is 36.4 Å². The number of esters is 1. The van der Waals surface area contributed by atoms with Crippen LogP contribution in [0.15, 0.2) is 54.6 Å². The maximum Gasteiger partial charge on any atom is 0.357 e. The molecule has 224 valence electrons. The third kappa shape index (κ3) is 5.35. The standard InChI is InChI=1S/C33H38FN3O4.ClH/c1-33(2)37-27-13-8-20(16-24(27)18-28(37)32(40)41-33)17-29(38)30-25(21-6-4-3-5-7-21)14-15-36(30)31(39)23-11-9-22(10-12-23)26(35)19-34;/h3-8,13,16,18,22-23,25-26,30H,9-12,14-15,17,19,35H2,1-2H3;1H/t22?,23?,25-,26-,30+;/m1./s1. The van der Waals surface area contributed by atoms with Crippen molar-refractivity contribution in [3.8, 4) is 0 Å². The van der Waals surface area contributed by atoms with Gasteiger partial charge in [-0.3, -0.25) is 14.2 Å². The lowest BCUT2D eigenvalue weighted by Crippen LogP contribution is -2.47. The molecule has 2 fully saturated rings. The lowest BCUT2D eigenvalue weighted by atomic mass is 9.78. The average molecular weight is 596 g/mol. The fraction of sp³-hybridized carbons (Fsp3) is 0.485. The van der Waals surface area contributed by atoms with Gasteiger partial charge in [-0.2, -0.15) is 0 Å². The number of nitrogens with zero attached hydrogens (tertiary/aromatic N) is 2. The highest BCUT2D eigenvalue weighted by Crippen LogP contribution is 2.39. The largest absolute Gasteiger partial charge is 0.434 e. The Morgan fingerprint density at radius 2 is 1.76 bits per heavy atom. The van der Waals surface area contributed by atoms with Gasteiger partial charge in [0.2, 0.25) is 5.91 Å². The van der Waals surface area contributed by atoms with Crippen LogP contribution in [0.25, 0.3) is 10.9 Å². The van der Waals surface area contributed by atoms with Gasteiger partial charge in [-0.25, -0.2) is 9.18 Å². The van der Waals surface area contributed by atoms with Crippen LogP contribution in [0.4, 0.5) is 4.39 Å². The molecular formula is C33H39ClFN3O4. The molecule has 2 aliphatic heterocycles. The van der Waals surface area contributed by atoms with E-state index < -0.39 is 24.5 Å². The van der Waals surface area contributed by atoms with Crippen LogP contribution >= 0.6 is 12.4 Å². The fourth-order valence-electron chi connectivity index (χ4n) is 7.38. The SMILES string of the molecule is CC1(C)OC(=O)c2cc3cc(CC(=O)[C@@H]4[C@@H](c5ccccc5)CCN4C(=O)C4CCC([C@H](N)CF)CC4)ccc3n21.Cl. The Bertz CT molecular complexity index is 1480. The number of rotatable bonds is 7. The molecule has 42 heavy (non-hydrogen) atoms. The van der Waals surface area contributed by atoms with Crippen molar-refractivity contribution < 1.29 is 23.5 Å². The first-order valence-electron chi connectivity index (χ1n) is 14.8. The van der Waals surface area contributed by atoms with E-state index in [1.54, 1.807) is 0 Å². The Kier molecular flexibility index (Phi) is 8.50. The van der Waals surface area contributed by atoms with Gasteiger partial charge in [0.25, 0.3) is 0 Å². The molecule has 0 spiro atoms. The number of ether oxygens (including phenoxy) is 1. The number of hydrogen-bond donors (Lipinski definition) is 1. The molecule has 1 saturated heterocycles. The first-order chi connectivity index (χ1) is 19.7. The molecule has 0 bridgehead atoms. The summed E-state index contributed by atoms with van der Waals surface area (Å²) in [5.74, 6) is -0.420. The first kappa shape index (κ1) is 30.2. The number of fused-ring (bicyclic) bond motifs is 3. The number of carbonyl (C=O) groups excluding carboxylic acids is 3. The highest BCUT2D eigenvalue weighted by atomic mass is 35.5. The third-order valence-electron chi connectivity index (χ3n) is 9.48. The summed E-state index contributed by atoms with van der Waals surface area (Å²) in [6.45, 7) is 3.72. The molecule has 0 radical (unpaired) electrons. The van der Waals surface area contributed by atoms with Crippen LogP contribution in [0, 0.1) is 11.8 Å². The number of ketones is 1. The molecular weight excluding hydrogens is 557 g/mol. The van der Waals surface area contributed by atoms with E-state index in [0.29, 0.717) is 25.1 Å². The van der Waals surface area contributed by atoms with Gasteiger partial charge in [0.1, 0.15) is 12.4 Å². The maximum absolute atomic E-state index is 14.1. The van der Waals surface area contributed by atoms with Gasteiger partial charge < -0.3 is 15.4 Å². The number of likely N-dealkylation sites (tertiary alicyclic amines) is 1. The molecule has 0 unspecified atom stereocenters. The Morgan fingerprint density at radius 1 is 1.05 bits per heavy atom. The third-order valence-corrected chi connectivity index (χ3v) is 9.48. The van der Waals surface area contributed by atoms with Crippen LogP contribution < -0.4 is 5.73 Å². The van der Waals surface area contributed by atoms with Crippen molar-refractivity contribution in [1.29, 1.82) is 0 Å². The highest BCUT2D eigenvalue weighted by molar-refractivity contribution is 5.99. The summed E-state index contributed by atoms with van der Waals surface area (Å²) in [4.78, 5) is 42.2. The number of aromatic nitrogens is 1. The normalized spacial score (nSPS) is 25.5. The lowest BCUT2D eigenvalue weighted by molar-refractivity contribution is -0.142. The van der Waals surface area contributed by atoms with Crippen molar-refractivity contribution in [1.82, 2.24) is 9.47 Å². The number of halogens is 2. The molecule has 3 heterocycles. The van der Waals surface area contributed by atoms with Crippen molar-refractivity contribution in [2.45, 2.75) is 76.1 Å². The van der Waals surface area contributed by atoms with Crippen LogP contribution in [0.1, 0.15) is 73.5 Å². The molecule has 9 heteroatoms. The maximum atomic E-state index is 14.1.